The molecule has 2 atom stereocenters. The Hall–Kier alpha value is -0.740. The molecule has 88 valence electrons. The van der Waals surface area contributed by atoms with Crippen LogP contribution < -0.4 is 10.6 Å². The van der Waals surface area contributed by atoms with Gasteiger partial charge in [0.25, 0.3) is 0 Å². The average Bonchev–Trinajstić information content (AvgIpc) is 2.81. The maximum atomic E-state index is 5.98. The lowest BCUT2D eigenvalue weighted by atomic mass is 10.1. The molecule has 1 aliphatic rings. The van der Waals surface area contributed by atoms with Gasteiger partial charge in [0.1, 0.15) is 5.82 Å². The third-order valence-electron chi connectivity index (χ3n) is 3.09. The number of aromatic nitrogens is 1. The first-order valence-corrected chi connectivity index (χ1v) is 6.86. The highest BCUT2D eigenvalue weighted by atomic mass is 32.2. The van der Waals surface area contributed by atoms with Crippen molar-refractivity contribution >= 4 is 17.6 Å². The number of rotatable bonds is 3. The van der Waals surface area contributed by atoms with Gasteiger partial charge in [0.05, 0.1) is 0 Å². The second-order valence-electron chi connectivity index (χ2n) is 4.33. The molecule has 2 unspecified atom stereocenters. The Morgan fingerprint density at radius 3 is 3.06 bits per heavy atom. The second kappa shape index (κ2) is 5.06. The number of hydrogen-bond donors (Lipinski definition) is 1. The van der Waals surface area contributed by atoms with Crippen molar-refractivity contribution in [3.8, 4) is 0 Å². The van der Waals surface area contributed by atoms with Crippen molar-refractivity contribution in [2.45, 2.75) is 25.4 Å². The minimum Gasteiger partial charge on any atom is -0.356 e. The summed E-state index contributed by atoms with van der Waals surface area (Å²) in [4.78, 5) is 6.77. The van der Waals surface area contributed by atoms with E-state index in [0.29, 0.717) is 6.04 Å². The van der Waals surface area contributed by atoms with Gasteiger partial charge in [-0.3, -0.25) is 0 Å². The predicted octanol–water partition coefficient (Wildman–Crippen LogP) is 2.04. The zero-order valence-corrected chi connectivity index (χ0v) is 10.7. The average molecular weight is 237 g/mol. The Morgan fingerprint density at radius 1 is 1.62 bits per heavy atom. The summed E-state index contributed by atoms with van der Waals surface area (Å²) in [6.45, 7) is 2.01. The molecule has 1 aliphatic heterocycles. The van der Waals surface area contributed by atoms with Crippen molar-refractivity contribution in [2.75, 3.05) is 23.5 Å². The molecular formula is C12H19N3S. The van der Waals surface area contributed by atoms with E-state index in [9.17, 15) is 0 Å². The van der Waals surface area contributed by atoms with E-state index in [1.165, 1.54) is 17.9 Å². The first kappa shape index (κ1) is 11.7. The van der Waals surface area contributed by atoms with E-state index >= 15 is 0 Å². The zero-order valence-electron chi connectivity index (χ0n) is 9.89. The van der Waals surface area contributed by atoms with Crippen LogP contribution in [-0.2, 0) is 0 Å². The van der Waals surface area contributed by atoms with Gasteiger partial charge in [0.15, 0.2) is 0 Å². The molecule has 0 radical (unpaired) electrons. The van der Waals surface area contributed by atoms with Gasteiger partial charge in [-0.2, -0.15) is 11.8 Å². The summed E-state index contributed by atoms with van der Waals surface area (Å²) in [6.07, 6.45) is 3.09. The Bertz CT molecular complexity index is 348. The molecule has 0 saturated carbocycles. The molecule has 4 heteroatoms. The summed E-state index contributed by atoms with van der Waals surface area (Å²) in [5, 5.41) is 0. The SMILES string of the molecule is CC(N)c1cccnc1N(C)C1CCSC1. The largest absolute Gasteiger partial charge is 0.356 e. The van der Waals surface area contributed by atoms with Crippen LogP contribution in [0.25, 0.3) is 0 Å². The van der Waals surface area contributed by atoms with Crippen molar-refractivity contribution in [3.05, 3.63) is 23.9 Å². The van der Waals surface area contributed by atoms with Crippen molar-refractivity contribution in [1.29, 1.82) is 0 Å². The van der Waals surface area contributed by atoms with E-state index in [1.807, 2.05) is 30.9 Å². The topological polar surface area (TPSA) is 42.1 Å². The summed E-state index contributed by atoms with van der Waals surface area (Å²) in [5.41, 5.74) is 7.12. The molecule has 0 spiro atoms. The zero-order chi connectivity index (χ0) is 11.5. The molecule has 0 bridgehead atoms. The molecule has 1 aromatic rings. The maximum Gasteiger partial charge on any atom is 0.133 e. The van der Waals surface area contributed by atoms with Crippen LogP contribution in [0.4, 0.5) is 5.82 Å². The fraction of sp³-hybridized carbons (Fsp3) is 0.583. The van der Waals surface area contributed by atoms with Crippen molar-refractivity contribution < 1.29 is 0 Å². The summed E-state index contributed by atoms with van der Waals surface area (Å²) in [5.74, 6) is 3.51. The highest BCUT2D eigenvalue weighted by molar-refractivity contribution is 7.99. The number of anilines is 1. The Labute approximate surface area is 101 Å². The molecule has 1 saturated heterocycles. The normalized spacial score (nSPS) is 22.1. The number of hydrogen-bond acceptors (Lipinski definition) is 4. The van der Waals surface area contributed by atoms with Gasteiger partial charge < -0.3 is 10.6 Å². The van der Waals surface area contributed by atoms with Crippen LogP contribution in [0.15, 0.2) is 18.3 Å². The molecule has 2 N–H and O–H groups in total. The molecule has 2 heterocycles. The van der Waals surface area contributed by atoms with Crippen molar-refractivity contribution in [3.63, 3.8) is 0 Å². The smallest absolute Gasteiger partial charge is 0.133 e. The van der Waals surface area contributed by atoms with Gasteiger partial charge in [-0.1, -0.05) is 6.07 Å². The lowest BCUT2D eigenvalue weighted by molar-refractivity contribution is 0.680. The lowest BCUT2D eigenvalue weighted by Crippen LogP contribution is -2.33. The molecule has 0 aliphatic carbocycles. The first-order valence-electron chi connectivity index (χ1n) is 5.71. The van der Waals surface area contributed by atoms with Gasteiger partial charge in [0, 0.05) is 36.6 Å². The van der Waals surface area contributed by atoms with Crippen LogP contribution in [0.5, 0.6) is 0 Å². The van der Waals surface area contributed by atoms with Gasteiger partial charge in [-0.25, -0.2) is 4.98 Å². The van der Waals surface area contributed by atoms with Gasteiger partial charge in [0.2, 0.25) is 0 Å². The molecule has 16 heavy (non-hydrogen) atoms. The van der Waals surface area contributed by atoms with Crippen LogP contribution in [-0.4, -0.2) is 29.6 Å². The number of thioether (sulfide) groups is 1. The number of pyridine rings is 1. The molecule has 2 rings (SSSR count). The minimum absolute atomic E-state index is 0.0419. The quantitative estimate of drug-likeness (QED) is 0.873. The van der Waals surface area contributed by atoms with E-state index in [2.05, 4.69) is 23.0 Å². The molecule has 0 amide bonds. The Morgan fingerprint density at radius 2 is 2.44 bits per heavy atom. The van der Waals surface area contributed by atoms with Crippen LogP contribution >= 0.6 is 11.8 Å². The molecule has 0 aromatic carbocycles. The molecule has 1 fully saturated rings. The van der Waals surface area contributed by atoms with E-state index < -0.39 is 0 Å². The number of nitrogens with zero attached hydrogens (tertiary/aromatic N) is 2. The molecule has 3 nitrogen and oxygen atoms in total. The van der Waals surface area contributed by atoms with Crippen LogP contribution in [0.3, 0.4) is 0 Å². The van der Waals surface area contributed by atoms with Gasteiger partial charge >= 0.3 is 0 Å². The van der Waals surface area contributed by atoms with Gasteiger partial charge in [-0.15, -0.1) is 0 Å². The summed E-state index contributed by atoms with van der Waals surface area (Å²) in [6, 6.07) is 4.68. The standard InChI is InChI=1S/C12H19N3S/c1-9(13)11-4-3-6-14-12(11)15(2)10-5-7-16-8-10/h3-4,6,9-10H,5,7-8,13H2,1-2H3. The molecular weight excluding hydrogens is 218 g/mol. The summed E-state index contributed by atoms with van der Waals surface area (Å²) >= 11 is 2.02. The van der Waals surface area contributed by atoms with Gasteiger partial charge in [-0.05, 0) is 25.2 Å². The van der Waals surface area contributed by atoms with Crippen LogP contribution in [0.1, 0.15) is 24.9 Å². The maximum absolute atomic E-state index is 5.98. The third kappa shape index (κ3) is 2.33. The van der Waals surface area contributed by atoms with Crippen LogP contribution in [0, 0.1) is 0 Å². The van der Waals surface area contributed by atoms with E-state index in [-0.39, 0.29) is 6.04 Å². The monoisotopic (exact) mass is 237 g/mol. The number of nitrogens with two attached hydrogens (primary N) is 1. The van der Waals surface area contributed by atoms with E-state index in [4.69, 9.17) is 5.73 Å². The minimum atomic E-state index is 0.0419. The lowest BCUT2D eigenvalue weighted by Gasteiger charge is -2.27. The summed E-state index contributed by atoms with van der Waals surface area (Å²) < 4.78 is 0. The third-order valence-corrected chi connectivity index (χ3v) is 4.24. The molecule has 1 aromatic heterocycles. The Balaban J connectivity index is 2.24. The fourth-order valence-electron chi connectivity index (χ4n) is 2.06. The van der Waals surface area contributed by atoms with E-state index in [0.717, 1.165) is 11.4 Å². The second-order valence-corrected chi connectivity index (χ2v) is 5.48. The highest BCUT2D eigenvalue weighted by Gasteiger charge is 2.23. The Kier molecular flexibility index (Phi) is 3.71. The van der Waals surface area contributed by atoms with Crippen molar-refractivity contribution in [1.82, 2.24) is 4.98 Å². The highest BCUT2D eigenvalue weighted by Crippen LogP contribution is 2.28. The predicted molar refractivity (Wildman–Crippen MR) is 71.0 cm³/mol. The van der Waals surface area contributed by atoms with Crippen molar-refractivity contribution in [2.24, 2.45) is 5.73 Å². The fourth-order valence-corrected chi connectivity index (χ4v) is 3.33. The summed E-state index contributed by atoms with van der Waals surface area (Å²) in [7, 11) is 2.13. The first-order chi connectivity index (χ1) is 7.70. The van der Waals surface area contributed by atoms with Crippen LogP contribution in [0.2, 0.25) is 0 Å². The van der Waals surface area contributed by atoms with E-state index in [1.54, 1.807) is 0 Å².